The molecule has 3 rings (SSSR count). The van der Waals surface area contributed by atoms with Crippen molar-refractivity contribution in [2.75, 3.05) is 16.3 Å². The van der Waals surface area contributed by atoms with Crippen molar-refractivity contribution < 1.29 is 18.0 Å². The minimum absolute atomic E-state index is 0.277. The van der Waals surface area contributed by atoms with Crippen LogP contribution in [0.5, 0.6) is 0 Å². The number of thiazole rings is 1. The van der Waals surface area contributed by atoms with Crippen LogP contribution in [0.4, 0.5) is 10.8 Å². The van der Waals surface area contributed by atoms with Crippen LogP contribution in [0.3, 0.4) is 0 Å². The lowest BCUT2D eigenvalue weighted by atomic mass is 10.2. The van der Waals surface area contributed by atoms with Crippen LogP contribution in [0.25, 0.3) is 17.3 Å². The summed E-state index contributed by atoms with van der Waals surface area (Å²) in [5.74, 6) is -0.929. The lowest BCUT2D eigenvalue weighted by Crippen LogP contribution is -2.10. The van der Waals surface area contributed by atoms with E-state index in [9.17, 15) is 18.0 Å². The number of carbonyl (C=O) groups is 2. The Morgan fingerprint density at radius 2 is 1.97 bits per heavy atom. The second kappa shape index (κ2) is 8.29. The molecule has 2 heterocycles. The summed E-state index contributed by atoms with van der Waals surface area (Å²) in [7, 11) is -3.33. The van der Waals surface area contributed by atoms with E-state index >= 15 is 0 Å². The van der Waals surface area contributed by atoms with Gasteiger partial charge in [0.25, 0.3) is 5.91 Å². The Morgan fingerprint density at radius 1 is 1.24 bits per heavy atom. The number of sulfonamides is 1. The van der Waals surface area contributed by atoms with Crippen LogP contribution in [-0.2, 0) is 14.8 Å². The number of aromatic nitrogens is 2. The van der Waals surface area contributed by atoms with Gasteiger partial charge in [0, 0.05) is 28.9 Å². The van der Waals surface area contributed by atoms with Crippen LogP contribution < -0.4 is 15.8 Å². The van der Waals surface area contributed by atoms with Gasteiger partial charge in [-0.15, -0.1) is 11.3 Å². The molecule has 0 fully saturated rings. The van der Waals surface area contributed by atoms with Gasteiger partial charge in [0.1, 0.15) is 5.69 Å². The van der Waals surface area contributed by atoms with Crippen LogP contribution in [0.15, 0.2) is 48.0 Å². The lowest BCUT2D eigenvalue weighted by molar-refractivity contribution is -0.111. The Morgan fingerprint density at radius 3 is 2.59 bits per heavy atom. The molecule has 9 nitrogen and oxygen atoms in total. The molecule has 0 saturated heterocycles. The molecule has 3 aromatic rings. The van der Waals surface area contributed by atoms with Gasteiger partial charge in [0.05, 0.1) is 11.9 Å². The molecule has 29 heavy (non-hydrogen) atoms. The number of benzene rings is 1. The number of H-pyrrole nitrogens is 1. The Balaban J connectivity index is 1.60. The van der Waals surface area contributed by atoms with Crippen molar-refractivity contribution >= 4 is 50.1 Å². The summed E-state index contributed by atoms with van der Waals surface area (Å²) in [4.78, 5) is 30.3. The standard InChI is InChI=1S/C18H17N5O4S2/c1-29(26,27)23-13-5-2-11(3-6-13)4-7-16(24)22-18-21-15(10-28-18)12-8-14(17(19)25)20-9-12/h2-10,20,23H,1H3,(H2,19,25)(H,21,22,24)/b7-4+. The molecule has 0 saturated carbocycles. The SMILES string of the molecule is CS(=O)(=O)Nc1ccc(/C=C/C(=O)Nc2nc(-c3c[nH]c(C(N)=O)c3)cs2)cc1. The summed E-state index contributed by atoms with van der Waals surface area (Å²) in [6, 6.07) is 8.15. The quantitative estimate of drug-likeness (QED) is 0.424. The van der Waals surface area contributed by atoms with E-state index in [0.29, 0.717) is 22.1 Å². The fraction of sp³-hybridized carbons (Fsp3) is 0.0556. The first-order chi connectivity index (χ1) is 13.7. The van der Waals surface area contributed by atoms with E-state index in [2.05, 4.69) is 20.0 Å². The summed E-state index contributed by atoms with van der Waals surface area (Å²) < 4.78 is 24.7. The van der Waals surface area contributed by atoms with E-state index in [1.165, 1.54) is 17.4 Å². The van der Waals surface area contributed by atoms with Crippen molar-refractivity contribution in [2.24, 2.45) is 5.73 Å². The average molecular weight is 431 g/mol. The van der Waals surface area contributed by atoms with Crippen LogP contribution in [0.2, 0.25) is 0 Å². The molecule has 0 radical (unpaired) electrons. The summed E-state index contributed by atoms with van der Waals surface area (Å²) in [6.45, 7) is 0. The Bertz CT molecular complexity index is 1180. The number of nitrogens with one attached hydrogen (secondary N) is 3. The molecule has 0 spiro atoms. The first-order valence-electron chi connectivity index (χ1n) is 8.21. The monoisotopic (exact) mass is 431 g/mol. The van der Waals surface area contributed by atoms with Gasteiger partial charge >= 0.3 is 0 Å². The number of carbonyl (C=O) groups excluding carboxylic acids is 2. The van der Waals surface area contributed by atoms with Gasteiger partial charge in [0.15, 0.2) is 5.13 Å². The van der Waals surface area contributed by atoms with Crippen molar-refractivity contribution in [2.45, 2.75) is 0 Å². The number of hydrogen-bond acceptors (Lipinski definition) is 6. The Kier molecular flexibility index (Phi) is 5.80. The molecule has 0 aliphatic carbocycles. The molecule has 0 bridgehead atoms. The molecule has 150 valence electrons. The zero-order valence-electron chi connectivity index (χ0n) is 15.2. The first kappa shape index (κ1) is 20.3. The molecular formula is C18H17N5O4S2. The van der Waals surface area contributed by atoms with Crippen molar-refractivity contribution in [1.29, 1.82) is 0 Å². The molecule has 2 amide bonds. The van der Waals surface area contributed by atoms with Crippen LogP contribution >= 0.6 is 11.3 Å². The van der Waals surface area contributed by atoms with Crippen molar-refractivity contribution in [3.8, 4) is 11.3 Å². The van der Waals surface area contributed by atoms with Gasteiger partial charge in [-0.05, 0) is 29.8 Å². The number of hydrogen-bond donors (Lipinski definition) is 4. The van der Waals surface area contributed by atoms with Gasteiger partial charge in [-0.2, -0.15) is 0 Å². The third kappa shape index (κ3) is 5.77. The zero-order valence-corrected chi connectivity index (χ0v) is 16.8. The molecule has 11 heteroatoms. The van der Waals surface area contributed by atoms with E-state index < -0.39 is 15.9 Å². The average Bonchev–Trinajstić information content (AvgIpc) is 3.29. The minimum atomic E-state index is -3.33. The molecule has 2 aromatic heterocycles. The molecule has 0 atom stereocenters. The highest BCUT2D eigenvalue weighted by molar-refractivity contribution is 7.92. The predicted molar refractivity (Wildman–Crippen MR) is 113 cm³/mol. The highest BCUT2D eigenvalue weighted by Crippen LogP contribution is 2.25. The van der Waals surface area contributed by atoms with Crippen molar-refractivity contribution in [1.82, 2.24) is 9.97 Å². The smallest absolute Gasteiger partial charge is 0.265 e. The summed E-state index contributed by atoms with van der Waals surface area (Å²) in [6.07, 6.45) is 5.63. The van der Waals surface area contributed by atoms with Gasteiger partial charge in [-0.1, -0.05) is 12.1 Å². The highest BCUT2D eigenvalue weighted by atomic mass is 32.2. The molecule has 0 unspecified atom stereocenters. The maximum Gasteiger partial charge on any atom is 0.265 e. The van der Waals surface area contributed by atoms with E-state index in [1.807, 2.05) is 0 Å². The number of nitrogens with two attached hydrogens (primary N) is 1. The maximum atomic E-state index is 12.1. The largest absolute Gasteiger partial charge is 0.364 e. The Hall–Kier alpha value is -3.44. The second-order valence-corrected chi connectivity index (χ2v) is 8.63. The number of nitrogens with zero attached hydrogens (tertiary/aromatic N) is 1. The van der Waals surface area contributed by atoms with Gasteiger partial charge in [-0.25, -0.2) is 13.4 Å². The van der Waals surface area contributed by atoms with Crippen LogP contribution in [0.1, 0.15) is 16.1 Å². The summed E-state index contributed by atoms with van der Waals surface area (Å²) in [5.41, 5.74) is 7.95. The fourth-order valence-corrected chi connectivity index (χ4v) is 3.63. The van der Waals surface area contributed by atoms with Gasteiger partial charge in [0.2, 0.25) is 15.9 Å². The van der Waals surface area contributed by atoms with Crippen molar-refractivity contribution in [3.05, 3.63) is 59.2 Å². The number of primary amides is 1. The van der Waals surface area contributed by atoms with Crippen LogP contribution in [0, 0.1) is 0 Å². The summed E-state index contributed by atoms with van der Waals surface area (Å²) in [5, 5.41) is 4.82. The highest BCUT2D eigenvalue weighted by Gasteiger charge is 2.10. The normalized spacial score (nSPS) is 11.5. The number of anilines is 2. The first-order valence-corrected chi connectivity index (χ1v) is 11.0. The third-order valence-corrected chi connectivity index (χ3v) is 4.98. The van der Waals surface area contributed by atoms with Gasteiger partial charge < -0.3 is 10.7 Å². The van der Waals surface area contributed by atoms with Crippen LogP contribution in [-0.4, -0.2) is 36.5 Å². The van der Waals surface area contributed by atoms with E-state index in [1.54, 1.807) is 48.0 Å². The topological polar surface area (TPSA) is 147 Å². The molecule has 0 aliphatic rings. The van der Waals surface area contributed by atoms with E-state index in [0.717, 1.165) is 11.8 Å². The predicted octanol–water partition coefficient (Wildman–Crippen LogP) is 2.26. The Labute approximate surface area is 170 Å². The zero-order chi connectivity index (χ0) is 21.0. The maximum absolute atomic E-state index is 12.1. The lowest BCUT2D eigenvalue weighted by Gasteiger charge is -2.03. The number of amides is 2. The molecule has 0 aliphatic heterocycles. The second-order valence-electron chi connectivity index (χ2n) is 6.02. The molecular weight excluding hydrogens is 414 g/mol. The molecule has 5 N–H and O–H groups in total. The van der Waals surface area contributed by atoms with Crippen molar-refractivity contribution in [3.63, 3.8) is 0 Å². The number of rotatable bonds is 7. The van der Waals surface area contributed by atoms with E-state index in [-0.39, 0.29) is 11.6 Å². The van der Waals surface area contributed by atoms with Gasteiger partial charge in [-0.3, -0.25) is 19.6 Å². The summed E-state index contributed by atoms with van der Waals surface area (Å²) >= 11 is 1.25. The molecule has 1 aromatic carbocycles. The van der Waals surface area contributed by atoms with E-state index in [4.69, 9.17) is 5.73 Å². The number of aromatic amines is 1. The minimum Gasteiger partial charge on any atom is -0.364 e. The third-order valence-electron chi connectivity index (χ3n) is 3.62. The fourth-order valence-electron chi connectivity index (χ4n) is 2.34.